The number of aliphatic hydroxyl groups excluding tert-OH is 1. The second kappa shape index (κ2) is 4.25. The highest BCUT2D eigenvalue weighted by Crippen LogP contribution is 2.43. The summed E-state index contributed by atoms with van der Waals surface area (Å²) < 4.78 is 5.74. The van der Waals surface area contributed by atoms with Gasteiger partial charge in [0.05, 0.1) is 6.10 Å². The molecular formula is C15H26O2. The third kappa shape index (κ3) is 2.63. The first-order chi connectivity index (χ1) is 7.53. The molecule has 1 unspecified atom stereocenters. The van der Waals surface area contributed by atoms with E-state index in [2.05, 4.69) is 47.6 Å². The number of rotatable bonds is 1. The lowest BCUT2D eigenvalue weighted by Crippen LogP contribution is -2.45. The molecule has 2 atom stereocenters. The molecule has 0 aromatic heterocycles. The highest BCUT2D eigenvalue weighted by atomic mass is 16.5. The Hall–Kier alpha value is -0.600. The average molecular weight is 238 g/mol. The van der Waals surface area contributed by atoms with Gasteiger partial charge in [0.2, 0.25) is 0 Å². The molecule has 0 aliphatic heterocycles. The molecule has 1 N–H and O–H groups in total. The minimum absolute atomic E-state index is 0.0467. The van der Waals surface area contributed by atoms with Crippen LogP contribution in [-0.4, -0.2) is 23.9 Å². The minimum Gasteiger partial charge on any atom is -0.385 e. The molecule has 1 aliphatic rings. The van der Waals surface area contributed by atoms with E-state index < -0.39 is 11.7 Å². The molecule has 0 aromatic rings. The Morgan fingerprint density at radius 3 is 2.06 bits per heavy atom. The summed E-state index contributed by atoms with van der Waals surface area (Å²) in [4.78, 5) is 0. The van der Waals surface area contributed by atoms with Crippen LogP contribution >= 0.6 is 0 Å². The smallest absolute Gasteiger partial charge is 0.109 e. The predicted molar refractivity (Wildman–Crippen MR) is 71.9 cm³/mol. The van der Waals surface area contributed by atoms with Gasteiger partial charge >= 0.3 is 0 Å². The summed E-state index contributed by atoms with van der Waals surface area (Å²) >= 11 is 0. The zero-order chi connectivity index (χ0) is 13.5. The van der Waals surface area contributed by atoms with E-state index in [4.69, 9.17) is 4.74 Å². The predicted octanol–water partition coefficient (Wildman–Crippen LogP) is 3.32. The largest absolute Gasteiger partial charge is 0.385 e. The van der Waals surface area contributed by atoms with Crippen LogP contribution in [0.1, 0.15) is 41.5 Å². The van der Waals surface area contributed by atoms with Crippen LogP contribution in [0, 0.1) is 10.8 Å². The van der Waals surface area contributed by atoms with Gasteiger partial charge in [0, 0.05) is 7.11 Å². The van der Waals surface area contributed by atoms with Crippen molar-refractivity contribution in [2.75, 3.05) is 7.11 Å². The van der Waals surface area contributed by atoms with Crippen molar-refractivity contribution in [2.45, 2.75) is 53.2 Å². The quantitative estimate of drug-likeness (QED) is 0.710. The number of ether oxygens (including phenoxy) is 1. The summed E-state index contributed by atoms with van der Waals surface area (Å²) in [6.07, 6.45) is 5.42. The molecule has 1 aliphatic carbocycles. The molecule has 0 saturated heterocycles. The summed E-state index contributed by atoms with van der Waals surface area (Å²) in [6, 6.07) is 0. The molecule has 0 amide bonds. The molecule has 0 heterocycles. The fraction of sp³-hybridized carbons (Fsp3) is 0.733. The first kappa shape index (κ1) is 14.5. The lowest BCUT2D eigenvalue weighted by Gasteiger charge is -2.44. The zero-order valence-corrected chi connectivity index (χ0v) is 12.2. The molecule has 0 spiro atoms. The molecule has 2 nitrogen and oxygen atoms in total. The van der Waals surface area contributed by atoms with E-state index in [1.165, 1.54) is 0 Å². The lowest BCUT2D eigenvalue weighted by molar-refractivity contribution is -0.0184. The van der Waals surface area contributed by atoms with Gasteiger partial charge in [-0.3, -0.25) is 0 Å². The Labute approximate surface area is 105 Å². The van der Waals surface area contributed by atoms with E-state index in [0.29, 0.717) is 0 Å². The zero-order valence-electron chi connectivity index (χ0n) is 12.2. The maximum atomic E-state index is 10.1. The Morgan fingerprint density at radius 1 is 1.18 bits per heavy atom. The van der Waals surface area contributed by atoms with Gasteiger partial charge in [-0.25, -0.2) is 0 Å². The maximum Gasteiger partial charge on any atom is 0.109 e. The van der Waals surface area contributed by atoms with Crippen LogP contribution in [0.3, 0.4) is 0 Å². The monoisotopic (exact) mass is 238 g/mol. The van der Waals surface area contributed by atoms with Crippen LogP contribution in [-0.2, 0) is 4.74 Å². The number of hydrogen-bond donors (Lipinski definition) is 1. The maximum absolute atomic E-state index is 10.1. The van der Waals surface area contributed by atoms with Crippen molar-refractivity contribution in [3.63, 3.8) is 0 Å². The number of aliphatic hydroxyl groups is 1. The van der Waals surface area contributed by atoms with Gasteiger partial charge in [-0.05, 0) is 28.6 Å². The van der Waals surface area contributed by atoms with Gasteiger partial charge in [0.1, 0.15) is 5.60 Å². The third-order valence-electron chi connectivity index (χ3n) is 3.59. The first-order valence-electron chi connectivity index (χ1n) is 6.19. The van der Waals surface area contributed by atoms with E-state index in [9.17, 15) is 5.11 Å². The molecular weight excluding hydrogens is 212 g/mol. The van der Waals surface area contributed by atoms with E-state index in [1.54, 1.807) is 7.11 Å². The molecule has 1 rings (SSSR count). The Kier molecular flexibility index (Phi) is 3.62. The molecule has 17 heavy (non-hydrogen) atoms. The standard InChI is InChI=1S/C15H26O2/c1-13(2,3)11-10-15(17-7,14(4,5)6)9-8-12(11)16/h8-10,12,16H,1-7H3/t12?,15-/m1/s1. The molecule has 98 valence electrons. The highest BCUT2D eigenvalue weighted by molar-refractivity contribution is 5.36. The summed E-state index contributed by atoms with van der Waals surface area (Å²) in [7, 11) is 1.73. The van der Waals surface area contributed by atoms with Gasteiger partial charge in [0.25, 0.3) is 0 Å². The van der Waals surface area contributed by atoms with Gasteiger partial charge in [-0.15, -0.1) is 0 Å². The Balaban J connectivity index is 3.29. The van der Waals surface area contributed by atoms with Crippen LogP contribution in [0.25, 0.3) is 0 Å². The van der Waals surface area contributed by atoms with Gasteiger partial charge < -0.3 is 9.84 Å². The van der Waals surface area contributed by atoms with E-state index in [0.717, 1.165) is 5.57 Å². The summed E-state index contributed by atoms with van der Waals surface area (Å²) in [5, 5.41) is 10.1. The molecule has 0 radical (unpaired) electrons. The van der Waals surface area contributed by atoms with E-state index >= 15 is 0 Å². The summed E-state index contributed by atoms with van der Waals surface area (Å²) in [5.74, 6) is 0. The third-order valence-corrected chi connectivity index (χ3v) is 3.59. The van der Waals surface area contributed by atoms with Crippen LogP contribution < -0.4 is 0 Å². The molecule has 0 fully saturated rings. The molecule has 0 saturated carbocycles. The van der Waals surface area contributed by atoms with Gasteiger partial charge in [-0.2, -0.15) is 0 Å². The summed E-state index contributed by atoms with van der Waals surface area (Å²) in [6.45, 7) is 12.8. The van der Waals surface area contributed by atoms with E-state index in [-0.39, 0.29) is 10.8 Å². The van der Waals surface area contributed by atoms with Crippen LogP contribution in [0.2, 0.25) is 0 Å². The minimum atomic E-state index is -0.499. The molecule has 0 aromatic carbocycles. The van der Waals surface area contributed by atoms with Crippen LogP contribution in [0.5, 0.6) is 0 Å². The van der Waals surface area contributed by atoms with Crippen molar-refractivity contribution in [2.24, 2.45) is 10.8 Å². The van der Waals surface area contributed by atoms with E-state index in [1.807, 2.05) is 12.2 Å². The second-order valence-corrected chi connectivity index (χ2v) is 6.90. The van der Waals surface area contributed by atoms with Crippen molar-refractivity contribution in [1.29, 1.82) is 0 Å². The van der Waals surface area contributed by atoms with Crippen molar-refractivity contribution in [3.8, 4) is 0 Å². The summed E-state index contributed by atoms with van der Waals surface area (Å²) in [5.41, 5.74) is 0.486. The molecule has 2 heteroatoms. The fourth-order valence-electron chi connectivity index (χ4n) is 2.26. The fourth-order valence-corrected chi connectivity index (χ4v) is 2.26. The Morgan fingerprint density at radius 2 is 1.71 bits per heavy atom. The van der Waals surface area contributed by atoms with Crippen molar-refractivity contribution >= 4 is 0 Å². The SMILES string of the molecule is CO[C@]1(C(C)(C)C)C=CC(O)C(C(C)(C)C)=C1. The molecule has 0 bridgehead atoms. The van der Waals surface area contributed by atoms with Crippen LogP contribution in [0.15, 0.2) is 23.8 Å². The van der Waals surface area contributed by atoms with Crippen LogP contribution in [0.4, 0.5) is 0 Å². The first-order valence-corrected chi connectivity index (χ1v) is 6.19. The lowest BCUT2D eigenvalue weighted by atomic mass is 9.69. The van der Waals surface area contributed by atoms with Gasteiger partial charge in [0.15, 0.2) is 0 Å². The second-order valence-electron chi connectivity index (χ2n) is 6.90. The average Bonchev–Trinajstić information content (AvgIpc) is 2.15. The van der Waals surface area contributed by atoms with Crippen molar-refractivity contribution < 1.29 is 9.84 Å². The van der Waals surface area contributed by atoms with Crippen molar-refractivity contribution in [1.82, 2.24) is 0 Å². The number of methoxy groups -OCH3 is 1. The topological polar surface area (TPSA) is 29.5 Å². The highest BCUT2D eigenvalue weighted by Gasteiger charge is 2.42. The normalized spacial score (nSPS) is 30.4. The Bertz CT molecular complexity index is 339. The van der Waals surface area contributed by atoms with Gasteiger partial charge in [-0.1, -0.05) is 47.6 Å². The van der Waals surface area contributed by atoms with Crippen molar-refractivity contribution in [3.05, 3.63) is 23.8 Å². The number of hydrogen-bond acceptors (Lipinski definition) is 2.